The number of carbonyl (C=O) groups excluding carboxylic acids is 1. The minimum absolute atomic E-state index is 0.112. The van der Waals surface area contributed by atoms with Crippen LogP contribution >= 0.6 is 0 Å². The highest BCUT2D eigenvalue weighted by Crippen LogP contribution is 2.42. The van der Waals surface area contributed by atoms with E-state index in [0.717, 1.165) is 11.6 Å². The van der Waals surface area contributed by atoms with Crippen molar-refractivity contribution in [1.82, 2.24) is 10.2 Å². The van der Waals surface area contributed by atoms with E-state index in [1.165, 1.54) is 6.07 Å². The second kappa shape index (κ2) is 5.88. The van der Waals surface area contributed by atoms with Crippen molar-refractivity contribution in [3.8, 4) is 0 Å². The van der Waals surface area contributed by atoms with Gasteiger partial charge < -0.3 is 10.2 Å². The van der Waals surface area contributed by atoms with E-state index in [0.29, 0.717) is 25.2 Å². The van der Waals surface area contributed by atoms with Crippen molar-refractivity contribution >= 4 is 5.91 Å². The van der Waals surface area contributed by atoms with Gasteiger partial charge in [0, 0.05) is 25.6 Å². The van der Waals surface area contributed by atoms with Crippen LogP contribution in [0.25, 0.3) is 0 Å². The van der Waals surface area contributed by atoms with Gasteiger partial charge in [-0.3, -0.25) is 4.79 Å². The van der Waals surface area contributed by atoms with Gasteiger partial charge in [-0.15, -0.1) is 0 Å². The predicted molar refractivity (Wildman–Crippen MR) is 87.2 cm³/mol. The Hall–Kier alpha value is -2.34. The molecule has 130 valence electrons. The largest absolute Gasteiger partial charge is 0.417 e. The maximum absolute atomic E-state index is 13.5. The normalized spacial score (nSPS) is 22.7. The second-order valence-electron chi connectivity index (χ2n) is 6.52. The lowest BCUT2D eigenvalue weighted by molar-refractivity contribution is -0.138. The molecule has 25 heavy (non-hydrogen) atoms. The van der Waals surface area contributed by atoms with Crippen LogP contribution in [-0.4, -0.2) is 29.9 Å². The average Bonchev–Trinajstić information content (AvgIpc) is 3.08. The van der Waals surface area contributed by atoms with Crippen molar-refractivity contribution in [3.05, 3.63) is 70.8 Å². The van der Waals surface area contributed by atoms with Crippen LogP contribution in [0.1, 0.15) is 33.0 Å². The van der Waals surface area contributed by atoms with Gasteiger partial charge in [-0.2, -0.15) is 13.2 Å². The average molecular weight is 346 g/mol. The number of nitrogens with one attached hydrogen (secondary N) is 1. The fourth-order valence-corrected chi connectivity index (χ4v) is 3.93. The Morgan fingerprint density at radius 3 is 2.52 bits per heavy atom. The van der Waals surface area contributed by atoms with Crippen molar-refractivity contribution in [2.75, 3.05) is 13.1 Å². The molecule has 4 rings (SSSR count). The number of carbonyl (C=O) groups is 1. The zero-order chi connectivity index (χ0) is 17.6. The molecular weight excluding hydrogens is 329 g/mol. The van der Waals surface area contributed by atoms with Crippen LogP contribution in [0.2, 0.25) is 0 Å². The lowest BCUT2D eigenvalue weighted by atomic mass is 9.82. The summed E-state index contributed by atoms with van der Waals surface area (Å²) in [6.45, 7) is 1.49. The summed E-state index contributed by atoms with van der Waals surface area (Å²) in [4.78, 5) is 14.6. The highest BCUT2D eigenvalue weighted by Gasteiger charge is 2.46. The molecule has 1 fully saturated rings. The fraction of sp³-hybridized carbons (Fsp3) is 0.316. The zero-order valence-electron chi connectivity index (χ0n) is 13.4. The summed E-state index contributed by atoms with van der Waals surface area (Å²) in [6.07, 6.45) is -4.54. The topological polar surface area (TPSA) is 32.3 Å². The number of nitrogens with zero attached hydrogens (tertiary/aromatic N) is 1. The number of halogens is 3. The summed E-state index contributed by atoms with van der Waals surface area (Å²) in [5.41, 5.74) is 0.405. The van der Waals surface area contributed by atoms with Gasteiger partial charge in [-0.1, -0.05) is 42.5 Å². The van der Waals surface area contributed by atoms with Crippen LogP contribution in [0.3, 0.4) is 0 Å². The van der Waals surface area contributed by atoms with Gasteiger partial charge in [0.05, 0.1) is 17.2 Å². The molecule has 2 aliphatic heterocycles. The summed E-state index contributed by atoms with van der Waals surface area (Å²) in [5.74, 6) is -0.643. The molecule has 2 aliphatic rings. The molecule has 1 saturated heterocycles. The summed E-state index contributed by atoms with van der Waals surface area (Å²) < 4.78 is 40.4. The number of hydrogen-bond acceptors (Lipinski definition) is 2. The number of fused-ring (bicyclic) bond motifs is 3. The smallest absolute Gasteiger partial charge is 0.329 e. The van der Waals surface area contributed by atoms with E-state index in [1.54, 1.807) is 11.0 Å². The van der Waals surface area contributed by atoms with Gasteiger partial charge in [-0.25, -0.2) is 0 Å². The van der Waals surface area contributed by atoms with Crippen LogP contribution in [-0.2, 0) is 12.7 Å². The van der Waals surface area contributed by atoms with Gasteiger partial charge >= 0.3 is 6.18 Å². The quantitative estimate of drug-likeness (QED) is 0.904. The molecule has 0 aliphatic carbocycles. The van der Waals surface area contributed by atoms with Crippen LogP contribution in [0.4, 0.5) is 13.2 Å². The highest BCUT2D eigenvalue weighted by molar-refractivity contribution is 5.99. The number of alkyl halides is 3. The highest BCUT2D eigenvalue weighted by atomic mass is 19.4. The number of amides is 1. The Balaban J connectivity index is 1.81. The molecule has 0 unspecified atom stereocenters. The molecule has 2 heterocycles. The first-order valence-electron chi connectivity index (χ1n) is 8.22. The van der Waals surface area contributed by atoms with E-state index >= 15 is 0 Å². The molecular formula is C19H17F3N2O. The third kappa shape index (κ3) is 2.70. The van der Waals surface area contributed by atoms with Crippen LogP contribution in [0, 0.1) is 0 Å². The van der Waals surface area contributed by atoms with Crippen molar-refractivity contribution in [2.24, 2.45) is 0 Å². The molecule has 1 amide bonds. The lowest BCUT2D eigenvalue weighted by Crippen LogP contribution is -2.48. The minimum Gasteiger partial charge on any atom is -0.329 e. The zero-order valence-corrected chi connectivity index (χ0v) is 13.4. The Bertz CT molecular complexity index is 804. The van der Waals surface area contributed by atoms with E-state index in [4.69, 9.17) is 0 Å². The monoisotopic (exact) mass is 346 g/mol. The summed E-state index contributed by atoms with van der Waals surface area (Å²) >= 11 is 0. The molecule has 2 aromatic rings. The fourth-order valence-electron chi connectivity index (χ4n) is 3.93. The van der Waals surface area contributed by atoms with Gasteiger partial charge in [0.1, 0.15) is 0 Å². The molecule has 6 heteroatoms. The van der Waals surface area contributed by atoms with Gasteiger partial charge in [-0.05, 0) is 17.2 Å². The Morgan fingerprint density at radius 2 is 1.80 bits per heavy atom. The van der Waals surface area contributed by atoms with Gasteiger partial charge in [0.2, 0.25) is 0 Å². The molecule has 3 nitrogen and oxygen atoms in total. The SMILES string of the molecule is O=C1c2c(cccc2C(F)(F)F)[C@@H]2CNC[C@H]2N1Cc1ccccc1. The van der Waals surface area contributed by atoms with E-state index in [-0.39, 0.29) is 17.5 Å². The van der Waals surface area contributed by atoms with Crippen molar-refractivity contribution in [3.63, 3.8) is 0 Å². The first kappa shape index (κ1) is 16.1. The van der Waals surface area contributed by atoms with Gasteiger partial charge in [0.25, 0.3) is 5.91 Å². The molecule has 2 aromatic carbocycles. The second-order valence-corrected chi connectivity index (χ2v) is 6.52. The standard InChI is InChI=1S/C19H17F3N2O/c20-19(21,22)15-8-4-7-13-14-9-23-10-16(14)24(18(25)17(13)15)11-12-5-2-1-3-6-12/h1-8,14,16,23H,9-11H2/t14-,16+/m0/s1. The van der Waals surface area contributed by atoms with Gasteiger partial charge in [0.15, 0.2) is 0 Å². The van der Waals surface area contributed by atoms with Crippen LogP contribution < -0.4 is 5.32 Å². The third-order valence-electron chi connectivity index (χ3n) is 5.05. The van der Waals surface area contributed by atoms with Crippen molar-refractivity contribution < 1.29 is 18.0 Å². The maximum atomic E-state index is 13.5. The molecule has 0 spiro atoms. The maximum Gasteiger partial charge on any atom is 0.417 e. The van der Waals surface area contributed by atoms with E-state index in [9.17, 15) is 18.0 Å². The Morgan fingerprint density at radius 1 is 1.04 bits per heavy atom. The molecule has 0 radical (unpaired) electrons. The molecule has 2 atom stereocenters. The van der Waals surface area contributed by atoms with E-state index in [1.807, 2.05) is 30.3 Å². The van der Waals surface area contributed by atoms with Crippen molar-refractivity contribution in [1.29, 1.82) is 0 Å². The Labute approximate surface area is 143 Å². The number of rotatable bonds is 2. The first-order chi connectivity index (χ1) is 12.0. The molecule has 1 N–H and O–H groups in total. The van der Waals surface area contributed by atoms with Crippen LogP contribution in [0.15, 0.2) is 48.5 Å². The number of benzene rings is 2. The molecule has 0 saturated carbocycles. The van der Waals surface area contributed by atoms with E-state index < -0.39 is 17.6 Å². The third-order valence-corrected chi connectivity index (χ3v) is 5.05. The Kier molecular flexibility index (Phi) is 3.80. The molecule has 0 aromatic heterocycles. The predicted octanol–water partition coefficient (Wildman–Crippen LogP) is 3.42. The minimum atomic E-state index is -4.54. The number of hydrogen-bond donors (Lipinski definition) is 1. The van der Waals surface area contributed by atoms with Crippen LogP contribution in [0.5, 0.6) is 0 Å². The summed E-state index contributed by atoms with van der Waals surface area (Å²) in [5, 5.41) is 3.22. The summed E-state index contributed by atoms with van der Waals surface area (Å²) in [6, 6.07) is 13.3. The molecule has 0 bridgehead atoms. The first-order valence-corrected chi connectivity index (χ1v) is 8.22. The van der Waals surface area contributed by atoms with E-state index in [2.05, 4.69) is 5.32 Å². The van der Waals surface area contributed by atoms with Crippen molar-refractivity contribution in [2.45, 2.75) is 24.7 Å². The summed E-state index contributed by atoms with van der Waals surface area (Å²) in [7, 11) is 0. The lowest BCUT2D eigenvalue weighted by Gasteiger charge is -2.39.